The van der Waals surface area contributed by atoms with Crippen LogP contribution in [0, 0.1) is 0 Å². The van der Waals surface area contributed by atoms with Crippen molar-refractivity contribution in [1.82, 2.24) is 0 Å². The maximum absolute atomic E-state index is 12.5. The number of nitrogens with two attached hydrogens (primary N) is 1. The van der Waals surface area contributed by atoms with Crippen LogP contribution in [0.2, 0.25) is 5.02 Å². The highest BCUT2D eigenvalue weighted by Gasteiger charge is 2.34. The Bertz CT molecular complexity index is 1070. The highest BCUT2D eigenvalue weighted by molar-refractivity contribution is 7.89. The van der Waals surface area contributed by atoms with Crippen molar-refractivity contribution in [2.24, 2.45) is 20.5 Å². The van der Waals surface area contributed by atoms with Crippen LogP contribution in [0.4, 0.5) is 11.4 Å². The van der Waals surface area contributed by atoms with Gasteiger partial charge in [0.25, 0.3) is 5.91 Å². The summed E-state index contributed by atoms with van der Waals surface area (Å²) in [5, 5.41) is 27.9. The number of azo groups is 1. The summed E-state index contributed by atoms with van der Waals surface area (Å²) in [6, 6.07) is 9.82. The molecule has 0 radical (unpaired) electrons. The van der Waals surface area contributed by atoms with E-state index < -0.39 is 32.6 Å². The molecule has 0 fully saturated rings. The zero-order chi connectivity index (χ0) is 19.8. The number of amides is 1. The predicted molar refractivity (Wildman–Crippen MR) is 99.8 cm³/mol. The first kappa shape index (κ1) is 19.0. The summed E-state index contributed by atoms with van der Waals surface area (Å²) in [5.41, 5.74) is 0.897. The van der Waals surface area contributed by atoms with Gasteiger partial charge >= 0.3 is 0 Å². The summed E-state index contributed by atoms with van der Waals surface area (Å²) in [6.45, 7) is 1.63. The Morgan fingerprint density at radius 2 is 1.93 bits per heavy atom. The number of sulfonamides is 1. The molecule has 11 heteroatoms. The fraction of sp³-hybridized carbons (Fsp3) is 0.125. The van der Waals surface area contributed by atoms with Crippen LogP contribution in [-0.2, 0) is 14.8 Å². The van der Waals surface area contributed by atoms with E-state index >= 15 is 0 Å². The lowest BCUT2D eigenvalue weighted by Gasteiger charge is -2.11. The summed E-state index contributed by atoms with van der Waals surface area (Å²) in [7, 11) is -4.10. The monoisotopic (exact) mass is 407 g/mol. The molecule has 0 saturated heterocycles. The molecule has 0 aromatic heterocycles. The molecule has 1 aliphatic heterocycles. The Labute approximate surface area is 159 Å². The topological polar surface area (TPSA) is 138 Å². The van der Waals surface area contributed by atoms with Gasteiger partial charge in [-0.15, -0.1) is 0 Å². The van der Waals surface area contributed by atoms with Crippen LogP contribution >= 0.6 is 11.6 Å². The minimum atomic E-state index is -4.10. The average molecular weight is 408 g/mol. The van der Waals surface area contributed by atoms with Crippen molar-refractivity contribution in [1.29, 1.82) is 0 Å². The van der Waals surface area contributed by atoms with Crippen LogP contribution in [0.3, 0.4) is 0 Å². The van der Waals surface area contributed by atoms with Crippen molar-refractivity contribution in [3.05, 3.63) is 47.5 Å². The number of hydrogen-bond acceptors (Lipinski definition) is 7. The number of para-hydroxylation sites is 1. The molecule has 2 aromatic carbocycles. The Balaban J connectivity index is 1.88. The molecular formula is C16H14ClN5O4S. The van der Waals surface area contributed by atoms with E-state index in [1.807, 2.05) is 6.07 Å². The quantitative estimate of drug-likeness (QED) is 0.752. The molecule has 3 N–H and O–H groups in total. The number of hydrogen-bond donors (Lipinski definition) is 2. The van der Waals surface area contributed by atoms with E-state index in [2.05, 4.69) is 15.3 Å². The van der Waals surface area contributed by atoms with Gasteiger partial charge in [0.1, 0.15) is 16.3 Å². The highest BCUT2D eigenvalue weighted by Crippen LogP contribution is 2.35. The van der Waals surface area contributed by atoms with Gasteiger partial charge in [-0.3, -0.25) is 4.79 Å². The van der Waals surface area contributed by atoms with Gasteiger partial charge < -0.3 is 5.11 Å². The fourth-order valence-corrected chi connectivity index (χ4v) is 3.48. The third-order valence-corrected chi connectivity index (χ3v) is 5.09. The van der Waals surface area contributed by atoms with E-state index in [-0.39, 0.29) is 10.7 Å². The summed E-state index contributed by atoms with van der Waals surface area (Å²) < 4.78 is 22.8. The average Bonchev–Trinajstić information content (AvgIpc) is 2.89. The first-order chi connectivity index (χ1) is 12.7. The third kappa shape index (κ3) is 3.82. The molecule has 0 unspecified atom stereocenters. The molecule has 140 valence electrons. The number of nitrogens with zero attached hydrogens (tertiary/aromatic N) is 4. The zero-order valence-electron chi connectivity index (χ0n) is 13.9. The maximum Gasteiger partial charge on any atom is 0.280 e. The van der Waals surface area contributed by atoms with Crippen molar-refractivity contribution >= 4 is 44.6 Å². The minimum absolute atomic E-state index is 0.105. The summed E-state index contributed by atoms with van der Waals surface area (Å²) in [4.78, 5) is 12.1. The molecule has 1 atom stereocenters. The van der Waals surface area contributed by atoms with Crippen molar-refractivity contribution < 1.29 is 18.3 Å². The molecule has 0 bridgehead atoms. The first-order valence-electron chi connectivity index (χ1n) is 7.59. The van der Waals surface area contributed by atoms with Gasteiger partial charge in [-0.1, -0.05) is 29.8 Å². The van der Waals surface area contributed by atoms with Gasteiger partial charge in [-0.2, -0.15) is 20.3 Å². The smallest absolute Gasteiger partial charge is 0.280 e. The van der Waals surface area contributed by atoms with Crippen molar-refractivity contribution in [2.45, 2.75) is 17.9 Å². The number of halogens is 1. The number of carbonyl (C=O) groups is 1. The van der Waals surface area contributed by atoms with Crippen molar-refractivity contribution in [3.8, 4) is 5.75 Å². The standard InChI is InChI=1S/C16H14ClN5O4S/c1-9-15(16(24)22(21-9)10-5-3-2-4-6-10)20-19-12-7-11(17)14(8-13(12)23)27(18,25)26/h2-8,15,23H,1H3,(H2,18,25,26)/t15-/m0/s1. The SMILES string of the molecule is CC1=NN(c2ccccc2)C(=O)[C@H]1N=Nc1cc(Cl)c(S(N)(=O)=O)cc1O. The Morgan fingerprint density at radius 1 is 1.26 bits per heavy atom. The van der Waals surface area contributed by atoms with E-state index in [1.54, 1.807) is 31.2 Å². The lowest BCUT2D eigenvalue weighted by Crippen LogP contribution is -2.29. The largest absolute Gasteiger partial charge is 0.506 e. The molecule has 27 heavy (non-hydrogen) atoms. The van der Waals surface area contributed by atoms with E-state index in [9.17, 15) is 18.3 Å². The van der Waals surface area contributed by atoms with Crippen molar-refractivity contribution in [2.75, 3.05) is 5.01 Å². The maximum atomic E-state index is 12.5. The van der Waals surface area contributed by atoms with Crippen LogP contribution in [0.1, 0.15) is 6.92 Å². The lowest BCUT2D eigenvalue weighted by atomic mass is 10.2. The van der Waals surface area contributed by atoms with Crippen LogP contribution in [0.15, 0.2) is 62.7 Å². The molecule has 1 heterocycles. The number of phenols is 1. The fourth-order valence-electron chi connectivity index (χ4n) is 2.39. The van der Waals surface area contributed by atoms with Gasteiger partial charge in [-0.05, 0) is 25.1 Å². The third-order valence-electron chi connectivity index (χ3n) is 3.71. The Kier molecular flexibility index (Phi) is 4.96. The first-order valence-corrected chi connectivity index (χ1v) is 9.51. The van der Waals surface area contributed by atoms with Crippen LogP contribution in [0.5, 0.6) is 5.75 Å². The van der Waals surface area contributed by atoms with Gasteiger partial charge in [0.2, 0.25) is 10.0 Å². The van der Waals surface area contributed by atoms with E-state index in [1.165, 1.54) is 5.01 Å². The highest BCUT2D eigenvalue weighted by atomic mass is 35.5. The molecule has 0 aliphatic carbocycles. The second-order valence-corrected chi connectivity index (χ2v) is 7.60. The predicted octanol–water partition coefficient (Wildman–Crippen LogP) is 2.57. The van der Waals surface area contributed by atoms with E-state index in [0.717, 1.165) is 12.1 Å². The number of aromatic hydroxyl groups is 1. The summed E-state index contributed by atoms with van der Waals surface area (Å²) in [6.07, 6.45) is 0. The summed E-state index contributed by atoms with van der Waals surface area (Å²) in [5.74, 6) is -0.902. The van der Waals surface area contributed by atoms with E-state index in [0.29, 0.717) is 11.4 Å². The van der Waals surface area contributed by atoms with E-state index in [4.69, 9.17) is 16.7 Å². The van der Waals surface area contributed by atoms with Gasteiger partial charge in [-0.25, -0.2) is 13.6 Å². The molecule has 0 saturated carbocycles. The second-order valence-electron chi connectivity index (χ2n) is 5.66. The number of benzene rings is 2. The number of carbonyl (C=O) groups excluding carboxylic acids is 1. The van der Waals surface area contributed by atoms with Crippen LogP contribution in [0.25, 0.3) is 0 Å². The molecule has 3 rings (SSSR count). The van der Waals surface area contributed by atoms with Gasteiger partial charge in [0.05, 0.1) is 16.4 Å². The van der Waals surface area contributed by atoms with Gasteiger partial charge in [0.15, 0.2) is 6.04 Å². The number of primary sulfonamides is 1. The zero-order valence-corrected chi connectivity index (χ0v) is 15.5. The Morgan fingerprint density at radius 3 is 2.56 bits per heavy atom. The minimum Gasteiger partial charge on any atom is -0.506 e. The normalized spacial score (nSPS) is 17.6. The number of anilines is 1. The number of phenolic OH excluding ortho intramolecular Hbond substituents is 1. The van der Waals surface area contributed by atoms with Crippen LogP contribution < -0.4 is 10.1 Å². The Hall–Kier alpha value is -2.82. The molecule has 1 amide bonds. The van der Waals surface area contributed by atoms with Crippen molar-refractivity contribution in [3.63, 3.8) is 0 Å². The molecular weight excluding hydrogens is 394 g/mol. The van der Waals surface area contributed by atoms with Gasteiger partial charge in [0, 0.05) is 6.07 Å². The molecule has 1 aliphatic rings. The second kappa shape index (κ2) is 7.06. The summed E-state index contributed by atoms with van der Waals surface area (Å²) >= 11 is 5.87. The molecule has 2 aromatic rings. The molecule has 9 nitrogen and oxygen atoms in total. The van der Waals surface area contributed by atoms with Crippen LogP contribution in [-0.4, -0.2) is 31.2 Å². The number of hydrazone groups is 1. The molecule has 0 spiro atoms. The number of rotatable bonds is 4. The lowest BCUT2D eigenvalue weighted by molar-refractivity contribution is -0.117.